The Kier molecular flexibility index (Phi) is 9.12. The number of carbonyl (C=O) groups is 1. The molecule has 1 aromatic heterocycles. The first-order valence-corrected chi connectivity index (χ1v) is 12.1. The van der Waals surface area contributed by atoms with E-state index in [-0.39, 0.29) is 0 Å². The number of rotatable bonds is 9. The van der Waals surface area contributed by atoms with Crippen LogP contribution in [-0.2, 0) is 19.8 Å². The highest BCUT2D eigenvalue weighted by atomic mass is 16.5. The lowest BCUT2D eigenvalue weighted by Gasteiger charge is -2.07. The Balaban J connectivity index is 0.000000186. The molecule has 0 fully saturated rings. The molecule has 5 aromatic rings. The van der Waals surface area contributed by atoms with Crippen molar-refractivity contribution in [1.29, 1.82) is 0 Å². The third-order valence-electron chi connectivity index (χ3n) is 5.62. The zero-order valence-electron chi connectivity index (χ0n) is 20.7. The van der Waals surface area contributed by atoms with Gasteiger partial charge in [-0.15, -0.1) is 4.73 Å². The van der Waals surface area contributed by atoms with E-state index in [1.54, 1.807) is 30.5 Å². The van der Waals surface area contributed by atoms with Crippen molar-refractivity contribution in [2.24, 2.45) is 0 Å². The first kappa shape index (κ1) is 26.0. The van der Waals surface area contributed by atoms with Gasteiger partial charge in [0.1, 0.15) is 31.0 Å². The van der Waals surface area contributed by atoms with E-state index in [0.29, 0.717) is 30.1 Å². The van der Waals surface area contributed by atoms with E-state index in [2.05, 4.69) is 0 Å². The highest BCUT2D eigenvalue weighted by Gasteiger charge is 2.03. The molecule has 4 aromatic carbocycles. The van der Waals surface area contributed by atoms with Crippen molar-refractivity contribution >= 4 is 6.29 Å². The van der Waals surface area contributed by atoms with Gasteiger partial charge in [-0.2, -0.15) is 0 Å². The molecule has 0 atom stereocenters. The van der Waals surface area contributed by atoms with Gasteiger partial charge in [-0.05, 0) is 53.1 Å². The standard InChI is InChI=1S/C17H16N2O3.C14H12O2/c20-17-18(10-11-19(17)21)12-14-6-8-16(9-7-14)22-13-15-4-2-1-3-5-15;15-10-12-6-8-14(9-7-12)16-11-13-4-2-1-3-5-13/h1-11,21H,12-13H2;1-10H,11H2. The predicted molar refractivity (Wildman–Crippen MR) is 145 cm³/mol. The van der Waals surface area contributed by atoms with Crippen LogP contribution in [-0.4, -0.2) is 20.8 Å². The summed E-state index contributed by atoms with van der Waals surface area (Å²) in [5.74, 6) is 1.55. The maximum absolute atomic E-state index is 11.6. The lowest BCUT2D eigenvalue weighted by atomic mass is 10.2. The SMILES string of the molecule is O=Cc1ccc(OCc2ccccc2)cc1.O=c1n(O)ccn1Cc1ccc(OCc2ccccc2)cc1. The van der Waals surface area contributed by atoms with Crippen molar-refractivity contribution in [3.8, 4) is 11.5 Å². The summed E-state index contributed by atoms with van der Waals surface area (Å²) in [4.78, 5) is 22.0. The molecule has 0 aliphatic rings. The molecule has 192 valence electrons. The second-order valence-electron chi connectivity index (χ2n) is 8.43. The average Bonchev–Trinajstić information content (AvgIpc) is 3.29. The maximum atomic E-state index is 11.6. The Morgan fingerprint density at radius 1 is 0.632 bits per heavy atom. The molecule has 7 nitrogen and oxygen atoms in total. The lowest BCUT2D eigenvalue weighted by molar-refractivity contribution is 0.112. The van der Waals surface area contributed by atoms with E-state index in [0.717, 1.165) is 34.5 Å². The average molecular weight is 509 g/mol. The van der Waals surface area contributed by atoms with Crippen LogP contribution in [0.2, 0.25) is 0 Å². The third-order valence-corrected chi connectivity index (χ3v) is 5.62. The lowest BCUT2D eigenvalue weighted by Crippen LogP contribution is -2.22. The van der Waals surface area contributed by atoms with Crippen LogP contribution in [0.4, 0.5) is 0 Å². The molecular formula is C31H28N2O5. The van der Waals surface area contributed by atoms with Crippen molar-refractivity contribution < 1.29 is 19.5 Å². The first-order valence-electron chi connectivity index (χ1n) is 12.1. The number of nitrogens with zero attached hydrogens (tertiary/aromatic N) is 2. The van der Waals surface area contributed by atoms with E-state index >= 15 is 0 Å². The topological polar surface area (TPSA) is 82.7 Å². The highest BCUT2D eigenvalue weighted by Crippen LogP contribution is 2.15. The minimum atomic E-state index is -0.454. The van der Waals surface area contributed by atoms with Crippen molar-refractivity contribution in [2.45, 2.75) is 19.8 Å². The summed E-state index contributed by atoms with van der Waals surface area (Å²) < 4.78 is 13.3. The van der Waals surface area contributed by atoms with Crippen molar-refractivity contribution in [3.05, 3.63) is 154 Å². The fourth-order valence-corrected chi connectivity index (χ4v) is 3.54. The van der Waals surface area contributed by atoms with Crippen LogP contribution in [0.3, 0.4) is 0 Å². The molecule has 1 N–H and O–H groups in total. The number of ether oxygens (including phenoxy) is 2. The molecule has 38 heavy (non-hydrogen) atoms. The molecule has 0 bridgehead atoms. The Hall–Kier alpha value is -5.04. The Morgan fingerprint density at radius 3 is 1.58 bits per heavy atom. The minimum Gasteiger partial charge on any atom is -0.489 e. The molecule has 0 radical (unpaired) electrons. The van der Waals surface area contributed by atoms with Crippen LogP contribution in [0.1, 0.15) is 27.0 Å². The van der Waals surface area contributed by atoms with E-state index in [9.17, 15) is 14.8 Å². The second kappa shape index (κ2) is 13.3. The fraction of sp³-hybridized carbons (Fsp3) is 0.0968. The maximum Gasteiger partial charge on any atom is 0.361 e. The summed E-state index contributed by atoms with van der Waals surface area (Å²) >= 11 is 0. The molecule has 7 heteroatoms. The van der Waals surface area contributed by atoms with Gasteiger partial charge in [-0.3, -0.25) is 9.36 Å². The monoisotopic (exact) mass is 508 g/mol. The van der Waals surface area contributed by atoms with Gasteiger partial charge in [0.25, 0.3) is 0 Å². The molecule has 0 saturated carbocycles. The fourth-order valence-electron chi connectivity index (χ4n) is 3.54. The smallest absolute Gasteiger partial charge is 0.361 e. The van der Waals surface area contributed by atoms with Gasteiger partial charge in [0.15, 0.2) is 0 Å². The summed E-state index contributed by atoms with van der Waals surface area (Å²) in [5.41, 5.74) is 3.40. The van der Waals surface area contributed by atoms with Gasteiger partial charge >= 0.3 is 5.69 Å². The minimum absolute atomic E-state index is 0.408. The summed E-state index contributed by atoms with van der Waals surface area (Å²) in [6, 6.07) is 34.6. The van der Waals surface area contributed by atoms with E-state index < -0.39 is 5.69 Å². The number of aromatic nitrogens is 2. The summed E-state index contributed by atoms with van der Waals surface area (Å²) in [6.45, 7) is 1.47. The first-order chi connectivity index (χ1) is 18.6. The Labute approximate surface area is 220 Å². The number of imidazole rings is 1. The van der Waals surface area contributed by atoms with Gasteiger partial charge in [0.05, 0.1) is 12.7 Å². The van der Waals surface area contributed by atoms with Crippen LogP contribution in [0, 0.1) is 0 Å². The van der Waals surface area contributed by atoms with Gasteiger partial charge < -0.3 is 14.7 Å². The molecule has 0 unspecified atom stereocenters. The van der Waals surface area contributed by atoms with Gasteiger partial charge in [0, 0.05) is 11.8 Å². The molecule has 5 rings (SSSR count). The van der Waals surface area contributed by atoms with Crippen molar-refractivity contribution in [3.63, 3.8) is 0 Å². The van der Waals surface area contributed by atoms with Gasteiger partial charge in [-0.1, -0.05) is 72.8 Å². The summed E-state index contributed by atoms with van der Waals surface area (Å²) in [6.07, 6.45) is 3.68. The molecule has 0 aliphatic heterocycles. The second-order valence-corrected chi connectivity index (χ2v) is 8.43. The molecule has 0 saturated heterocycles. The normalized spacial score (nSPS) is 10.2. The van der Waals surface area contributed by atoms with Crippen molar-refractivity contribution in [2.75, 3.05) is 0 Å². The van der Waals surface area contributed by atoms with E-state index in [1.807, 2.05) is 84.9 Å². The summed E-state index contributed by atoms with van der Waals surface area (Å²) in [7, 11) is 0. The number of carbonyl (C=O) groups excluding carboxylic acids is 1. The molecule has 1 heterocycles. The van der Waals surface area contributed by atoms with E-state index in [4.69, 9.17) is 9.47 Å². The van der Waals surface area contributed by atoms with Crippen LogP contribution in [0.5, 0.6) is 11.5 Å². The molecular weight excluding hydrogens is 480 g/mol. The largest absolute Gasteiger partial charge is 0.489 e. The van der Waals surface area contributed by atoms with Crippen LogP contribution >= 0.6 is 0 Å². The third kappa shape index (κ3) is 7.73. The number of aldehydes is 1. The zero-order valence-corrected chi connectivity index (χ0v) is 20.7. The summed E-state index contributed by atoms with van der Waals surface area (Å²) in [5, 5.41) is 9.20. The molecule has 0 aliphatic carbocycles. The van der Waals surface area contributed by atoms with Crippen LogP contribution in [0.15, 0.2) is 126 Å². The van der Waals surface area contributed by atoms with E-state index in [1.165, 1.54) is 10.8 Å². The van der Waals surface area contributed by atoms with Crippen molar-refractivity contribution in [1.82, 2.24) is 9.30 Å². The van der Waals surface area contributed by atoms with Crippen LogP contribution < -0.4 is 15.2 Å². The van der Waals surface area contributed by atoms with Gasteiger partial charge in [-0.25, -0.2) is 4.79 Å². The van der Waals surface area contributed by atoms with Crippen LogP contribution in [0.25, 0.3) is 0 Å². The Bertz CT molecular complexity index is 1460. The molecule has 0 amide bonds. The number of hydrogen-bond donors (Lipinski definition) is 1. The zero-order chi connectivity index (χ0) is 26.6. The quantitative estimate of drug-likeness (QED) is 0.207. The number of hydrogen-bond acceptors (Lipinski definition) is 5. The highest BCUT2D eigenvalue weighted by molar-refractivity contribution is 5.74. The predicted octanol–water partition coefficient (Wildman–Crippen LogP) is 5.59. The number of benzene rings is 4. The molecule has 0 spiro atoms. The Morgan fingerprint density at radius 2 is 1.13 bits per heavy atom. The van der Waals surface area contributed by atoms with Gasteiger partial charge in [0.2, 0.25) is 0 Å².